The van der Waals surface area contributed by atoms with Crippen LogP contribution in [-0.4, -0.2) is 30.4 Å². The molecule has 1 amide bonds. The van der Waals surface area contributed by atoms with Gasteiger partial charge in [0.05, 0.1) is 17.3 Å². The molecule has 2 rings (SSSR count). The van der Waals surface area contributed by atoms with Gasteiger partial charge in [0.25, 0.3) is 0 Å². The first-order chi connectivity index (χ1) is 8.77. The van der Waals surface area contributed by atoms with Gasteiger partial charge in [-0.3, -0.25) is 4.79 Å². The Labute approximate surface area is 116 Å². The number of nitrogens with one attached hydrogen (secondary N) is 1. The standard InChI is InChI=1S/C13H19BrN2O2/c14-11-5-9-18-12(11)10-15-6-4-13(17)16-7-2-1-3-8-16/h5,9,15H,1-4,6-8,10H2. The van der Waals surface area contributed by atoms with Gasteiger partial charge in [-0.05, 0) is 41.3 Å². The highest BCUT2D eigenvalue weighted by molar-refractivity contribution is 9.10. The molecule has 1 aliphatic rings. The van der Waals surface area contributed by atoms with Gasteiger partial charge in [0.1, 0.15) is 5.76 Å². The fraction of sp³-hybridized carbons (Fsp3) is 0.615. The van der Waals surface area contributed by atoms with E-state index in [1.54, 1.807) is 6.26 Å². The van der Waals surface area contributed by atoms with Gasteiger partial charge in [0, 0.05) is 26.1 Å². The van der Waals surface area contributed by atoms with Gasteiger partial charge in [0.2, 0.25) is 5.91 Å². The summed E-state index contributed by atoms with van der Waals surface area (Å²) in [4.78, 5) is 13.9. The Balaban J connectivity index is 1.63. The van der Waals surface area contributed by atoms with Crippen LogP contribution in [-0.2, 0) is 11.3 Å². The molecule has 1 aromatic rings. The van der Waals surface area contributed by atoms with E-state index in [1.165, 1.54) is 6.42 Å². The van der Waals surface area contributed by atoms with E-state index < -0.39 is 0 Å². The summed E-state index contributed by atoms with van der Waals surface area (Å²) in [6.07, 6.45) is 5.78. The summed E-state index contributed by atoms with van der Waals surface area (Å²) in [5.74, 6) is 1.14. The molecule has 1 fully saturated rings. The number of halogens is 1. The van der Waals surface area contributed by atoms with E-state index in [9.17, 15) is 4.79 Å². The molecule has 0 radical (unpaired) electrons. The summed E-state index contributed by atoms with van der Waals surface area (Å²) in [6.45, 7) is 3.22. The minimum absolute atomic E-state index is 0.265. The molecule has 0 atom stereocenters. The fourth-order valence-corrected chi connectivity index (χ4v) is 2.49. The molecule has 0 aliphatic carbocycles. The number of carbonyl (C=O) groups excluding carboxylic acids is 1. The maximum atomic E-state index is 11.9. The maximum Gasteiger partial charge on any atom is 0.223 e. The topological polar surface area (TPSA) is 45.5 Å². The van der Waals surface area contributed by atoms with Crippen LogP contribution in [0.4, 0.5) is 0 Å². The predicted molar refractivity (Wildman–Crippen MR) is 73.2 cm³/mol. The van der Waals surface area contributed by atoms with Gasteiger partial charge in [0.15, 0.2) is 0 Å². The lowest BCUT2D eigenvalue weighted by Crippen LogP contribution is -2.37. The molecule has 1 aliphatic heterocycles. The van der Waals surface area contributed by atoms with E-state index in [1.807, 2.05) is 11.0 Å². The lowest BCUT2D eigenvalue weighted by molar-refractivity contribution is -0.131. The Morgan fingerprint density at radius 2 is 2.17 bits per heavy atom. The third kappa shape index (κ3) is 3.85. The third-order valence-electron chi connectivity index (χ3n) is 3.20. The van der Waals surface area contributed by atoms with Crippen molar-refractivity contribution >= 4 is 21.8 Å². The van der Waals surface area contributed by atoms with E-state index in [0.717, 1.165) is 36.2 Å². The zero-order valence-corrected chi connectivity index (χ0v) is 12.0. The van der Waals surface area contributed by atoms with Crippen molar-refractivity contribution in [1.29, 1.82) is 0 Å². The summed E-state index contributed by atoms with van der Waals surface area (Å²) in [5.41, 5.74) is 0. The number of likely N-dealkylation sites (tertiary alicyclic amines) is 1. The van der Waals surface area contributed by atoms with Gasteiger partial charge in [-0.15, -0.1) is 0 Å². The van der Waals surface area contributed by atoms with Crippen molar-refractivity contribution in [3.05, 3.63) is 22.6 Å². The highest BCUT2D eigenvalue weighted by atomic mass is 79.9. The number of carbonyl (C=O) groups is 1. The number of amides is 1. The average molecular weight is 315 g/mol. The van der Waals surface area contributed by atoms with Gasteiger partial charge < -0.3 is 14.6 Å². The smallest absolute Gasteiger partial charge is 0.223 e. The Morgan fingerprint density at radius 1 is 1.39 bits per heavy atom. The first-order valence-electron chi connectivity index (χ1n) is 6.48. The summed E-state index contributed by atoms with van der Waals surface area (Å²) in [5, 5.41) is 3.23. The number of piperidine rings is 1. The van der Waals surface area contributed by atoms with Crippen molar-refractivity contribution in [3.63, 3.8) is 0 Å². The molecular formula is C13H19BrN2O2. The lowest BCUT2D eigenvalue weighted by atomic mass is 10.1. The minimum atomic E-state index is 0.265. The van der Waals surface area contributed by atoms with Gasteiger partial charge in [-0.1, -0.05) is 0 Å². The predicted octanol–water partition coefficient (Wildman–Crippen LogP) is 2.53. The molecule has 0 bridgehead atoms. The van der Waals surface area contributed by atoms with Gasteiger partial charge >= 0.3 is 0 Å². The molecule has 0 aromatic carbocycles. The Kier molecular flexibility index (Phi) is 5.26. The van der Waals surface area contributed by atoms with Crippen molar-refractivity contribution < 1.29 is 9.21 Å². The minimum Gasteiger partial charge on any atom is -0.467 e. The van der Waals surface area contributed by atoms with E-state index in [0.29, 0.717) is 19.5 Å². The van der Waals surface area contributed by atoms with Crippen molar-refractivity contribution in [2.45, 2.75) is 32.2 Å². The van der Waals surface area contributed by atoms with E-state index in [4.69, 9.17) is 4.42 Å². The molecule has 0 unspecified atom stereocenters. The lowest BCUT2D eigenvalue weighted by Gasteiger charge is -2.26. The number of rotatable bonds is 5. The molecule has 5 heteroatoms. The maximum absolute atomic E-state index is 11.9. The third-order valence-corrected chi connectivity index (χ3v) is 3.91. The van der Waals surface area contributed by atoms with Crippen LogP contribution in [0.2, 0.25) is 0 Å². The second-order valence-corrected chi connectivity index (χ2v) is 5.41. The van der Waals surface area contributed by atoms with Gasteiger partial charge in [-0.25, -0.2) is 0 Å². The van der Waals surface area contributed by atoms with Crippen LogP contribution < -0.4 is 5.32 Å². The Hall–Kier alpha value is -0.810. The SMILES string of the molecule is O=C(CCNCc1occc1Br)N1CCCCC1. The molecule has 1 saturated heterocycles. The van der Waals surface area contributed by atoms with Crippen LogP contribution in [0, 0.1) is 0 Å². The molecule has 0 spiro atoms. The molecule has 1 N–H and O–H groups in total. The zero-order chi connectivity index (χ0) is 12.8. The number of nitrogens with zero attached hydrogens (tertiary/aromatic N) is 1. The molecule has 0 saturated carbocycles. The van der Waals surface area contributed by atoms with Crippen LogP contribution in [0.5, 0.6) is 0 Å². The highest BCUT2D eigenvalue weighted by Crippen LogP contribution is 2.16. The summed E-state index contributed by atoms with van der Waals surface area (Å²) >= 11 is 3.40. The largest absolute Gasteiger partial charge is 0.467 e. The van der Waals surface area contributed by atoms with E-state index >= 15 is 0 Å². The van der Waals surface area contributed by atoms with Crippen LogP contribution in [0.25, 0.3) is 0 Å². The first-order valence-corrected chi connectivity index (χ1v) is 7.27. The van der Waals surface area contributed by atoms with Crippen LogP contribution in [0.1, 0.15) is 31.4 Å². The summed E-state index contributed by atoms with van der Waals surface area (Å²) in [7, 11) is 0. The number of hydrogen-bond donors (Lipinski definition) is 1. The normalized spacial score (nSPS) is 15.9. The molecule has 18 heavy (non-hydrogen) atoms. The zero-order valence-electron chi connectivity index (χ0n) is 10.5. The summed E-state index contributed by atoms with van der Waals surface area (Å²) in [6, 6.07) is 1.87. The quantitative estimate of drug-likeness (QED) is 0.849. The second kappa shape index (κ2) is 6.95. The monoisotopic (exact) mass is 314 g/mol. The van der Waals surface area contributed by atoms with Crippen molar-refractivity contribution in [3.8, 4) is 0 Å². The average Bonchev–Trinajstić information content (AvgIpc) is 2.81. The van der Waals surface area contributed by atoms with Crippen LogP contribution >= 0.6 is 15.9 Å². The Bertz CT molecular complexity index is 386. The van der Waals surface area contributed by atoms with Crippen molar-refractivity contribution in [2.75, 3.05) is 19.6 Å². The second-order valence-electron chi connectivity index (χ2n) is 4.56. The Morgan fingerprint density at radius 3 is 2.83 bits per heavy atom. The highest BCUT2D eigenvalue weighted by Gasteiger charge is 2.15. The first kappa shape index (κ1) is 13.6. The van der Waals surface area contributed by atoms with Crippen LogP contribution in [0.3, 0.4) is 0 Å². The number of hydrogen-bond acceptors (Lipinski definition) is 3. The summed E-state index contributed by atoms with van der Waals surface area (Å²) < 4.78 is 6.25. The molecule has 2 heterocycles. The number of furan rings is 1. The van der Waals surface area contributed by atoms with Crippen molar-refractivity contribution in [2.24, 2.45) is 0 Å². The fourth-order valence-electron chi connectivity index (χ4n) is 2.15. The molecule has 100 valence electrons. The van der Waals surface area contributed by atoms with Crippen LogP contribution in [0.15, 0.2) is 21.2 Å². The van der Waals surface area contributed by atoms with Gasteiger partial charge in [-0.2, -0.15) is 0 Å². The van der Waals surface area contributed by atoms with Crippen molar-refractivity contribution in [1.82, 2.24) is 10.2 Å². The molecule has 1 aromatic heterocycles. The van der Waals surface area contributed by atoms with E-state index in [-0.39, 0.29) is 5.91 Å². The van der Waals surface area contributed by atoms with E-state index in [2.05, 4.69) is 21.2 Å². The molecular weight excluding hydrogens is 296 g/mol. The molecule has 4 nitrogen and oxygen atoms in total.